The van der Waals surface area contributed by atoms with E-state index < -0.39 is 0 Å². The summed E-state index contributed by atoms with van der Waals surface area (Å²) in [6.45, 7) is 0. The molecule has 3 nitrogen and oxygen atoms in total. The van der Waals surface area contributed by atoms with Crippen molar-refractivity contribution in [2.75, 3.05) is 18.2 Å². The number of thioether (sulfide) groups is 1. The molecule has 0 saturated heterocycles. The summed E-state index contributed by atoms with van der Waals surface area (Å²) in [5, 5.41) is 2.86. The fraction of sp³-hybridized carbons (Fsp3) is 0.188. The monoisotopic (exact) mass is 287 g/mol. The van der Waals surface area contributed by atoms with Crippen molar-refractivity contribution in [3.05, 3.63) is 60.2 Å². The predicted octanol–water partition coefficient (Wildman–Crippen LogP) is 3.57. The SMILES string of the molecule is COc1ccc(NC(=O)CSCc2ccccc2)cc1. The van der Waals surface area contributed by atoms with E-state index in [0.717, 1.165) is 17.2 Å². The lowest BCUT2D eigenvalue weighted by Gasteiger charge is -2.06. The van der Waals surface area contributed by atoms with Crippen molar-refractivity contribution < 1.29 is 9.53 Å². The standard InChI is InChI=1S/C16H17NO2S/c1-19-15-9-7-14(8-10-15)17-16(18)12-20-11-13-5-3-2-4-6-13/h2-10H,11-12H2,1H3,(H,17,18). The molecular weight excluding hydrogens is 270 g/mol. The van der Waals surface area contributed by atoms with Gasteiger partial charge in [0, 0.05) is 11.4 Å². The van der Waals surface area contributed by atoms with E-state index in [1.807, 2.05) is 42.5 Å². The Hall–Kier alpha value is -1.94. The number of ether oxygens (including phenoxy) is 1. The fourth-order valence-corrected chi connectivity index (χ4v) is 2.50. The van der Waals surface area contributed by atoms with Crippen LogP contribution in [0.4, 0.5) is 5.69 Å². The second kappa shape index (κ2) is 7.60. The van der Waals surface area contributed by atoms with Crippen LogP contribution in [-0.2, 0) is 10.5 Å². The number of rotatable bonds is 6. The first-order chi connectivity index (χ1) is 9.78. The molecule has 0 saturated carbocycles. The molecule has 0 aromatic heterocycles. The number of hydrogen-bond donors (Lipinski definition) is 1. The average Bonchev–Trinajstić information content (AvgIpc) is 2.49. The second-order valence-electron chi connectivity index (χ2n) is 4.26. The summed E-state index contributed by atoms with van der Waals surface area (Å²) in [7, 11) is 1.62. The third kappa shape index (κ3) is 4.63. The summed E-state index contributed by atoms with van der Waals surface area (Å²) in [6.07, 6.45) is 0. The highest BCUT2D eigenvalue weighted by atomic mass is 32.2. The first-order valence-electron chi connectivity index (χ1n) is 6.33. The summed E-state index contributed by atoms with van der Waals surface area (Å²) < 4.78 is 5.07. The van der Waals surface area contributed by atoms with Gasteiger partial charge in [-0.25, -0.2) is 0 Å². The number of carbonyl (C=O) groups is 1. The molecule has 0 radical (unpaired) electrons. The van der Waals surface area contributed by atoms with Crippen LogP contribution in [0.3, 0.4) is 0 Å². The van der Waals surface area contributed by atoms with E-state index in [1.165, 1.54) is 5.56 Å². The Bertz CT molecular complexity index is 540. The molecule has 0 aliphatic carbocycles. The Morgan fingerprint density at radius 1 is 1.10 bits per heavy atom. The molecule has 20 heavy (non-hydrogen) atoms. The fourth-order valence-electron chi connectivity index (χ4n) is 1.71. The maximum Gasteiger partial charge on any atom is 0.234 e. The van der Waals surface area contributed by atoms with Crippen LogP contribution in [0.25, 0.3) is 0 Å². The molecule has 0 spiro atoms. The Labute approximate surface area is 123 Å². The highest BCUT2D eigenvalue weighted by Gasteiger charge is 2.03. The van der Waals surface area contributed by atoms with Crippen LogP contribution < -0.4 is 10.1 Å². The number of amides is 1. The molecule has 0 aliphatic rings. The maximum absolute atomic E-state index is 11.8. The number of carbonyl (C=O) groups excluding carboxylic acids is 1. The van der Waals surface area contributed by atoms with E-state index in [-0.39, 0.29) is 5.91 Å². The van der Waals surface area contributed by atoms with E-state index in [0.29, 0.717) is 5.75 Å². The Balaban J connectivity index is 1.74. The van der Waals surface area contributed by atoms with Crippen LogP contribution in [0.2, 0.25) is 0 Å². The molecule has 1 amide bonds. The molecule has 104 valence electrons. The molecule has 0 unspecified atom stereocenters. The minimum atomic E-state index is 0.0103. The zero-order chi connectivity index (χ0) is 14.2. The zero-order valence-electron chi connectivity index (χ0n) is 11.3. The third-order valence-corrected chi connectivity index (χ3v) is 3.72. The number of methoxy groups -OCH3 is 1. The van der Waals surface area contributed by atoms with Crippen molar-refractivity contribution in [2.45, 2.75) is 5.75 Å². The summed E-state index contributed by atoms with van der Waals surface area (Å²) in [5.74, 6) is 2.08. The largest absolute Gasteiger partial charge is 0.497 e. The quantitative estimate of drug-likeness (QED) is 0.882. The topological polar surface area (TPSA) is 38.3 Å². The lowest BCUT2D eigenvalue weighted by atomic mass is 10.2. The van der Waals surface area contributed by atoms with E-state index in [2.05, 4.69) is 17.4 Å². The van der Waals surface area contributed by atoms with Crippen molar-refractivity contribution in [2.24, 2.45) is 0 Å². The predicted molar refractivity (Wildman–Crippen MR) is 84.2 cm³/mol. The van der Waals surface area contributed by atoms with Gasteiger partial charge in [-0.3, -0.25) is 4.79 Å². The van der Waals surface area contributed by atoms with Gasteiger partial charge in [0.25, 0.3) is 0 Å². The highest BCUT2D eigenvalue weighted by molar-refractivity contribution is 7.99. The van der Waals surface area contributed by atoms with Crippen molar-refractivity contribution in [1.82, 2.24) is 0 Å². The van der Waals surface area contributed by atoms with Gasteiger partial charge in [-0.15, -0.1) is 11.8 Å². The molecule has 1 N–H and O–H groups in total. The van der Waals surface area contributed by atoms with Gasteiger partial charge < -0.3 is 10.1 Å². The molecule has 2 rings (SSSR count). The summed E-state index contributed by atoms with van der Waals surface area (Å²) in [6, 6.07) is 17.4. The van der Waals surface area contributed by atoms with Gasteiger partial charge in [0.1, 0.15) is 5.75 Å². The molecule has 2 aromatic rings. The van der Waals surface area contributed by atoms with Gasteiger partial charge in [-0.1, -0.05) is 30.3 Å². The van der Waals surface area contributed by atoms with Gasteiger partial charge in [-0.2, -0.15) is 0 Å². The highest BCUT2D eigenvalue weighted by Crippen LogP contribution is 2.16. The van der Waals surface area contributed by atoms with Gasteiger partial charge in [0.2, 0.25) is 5.91 Å². The van der Waals surface area contributed by atoms with E-state index >= 15 is 0 Å². The summed E-state index contributed by atoms with van der Waals surface area (Å²) in [4.78, 5) is 11.8. The van der Waals surface area contributed by atoms with Gasteiger partial charge in [-0.05, 0) is 29.8 Å². The van der Waals surface area contributed by atoms with E-state index in [9.17, 15) is 4.79 Å². The molecule has 0 fully saturated rings. The molecular formula is C16H17NO2S. The van der Waals surface area contributed by atoms with Gasteiger partial charge >= 0.3 is 0 Å². The van der Waals surface area contributed by atoms with Crippen LogP contribution in [0.5, 0.6) is 5.75 Å². The number of benzene rings is 2. The van der Waals surface area contributed by atoms with Gasteiger partial charge in [0.05, 0.1) is 12.9 Å². The van der Waals surface area contributed by atoms with E-state index in [1.54, 1.807) is 18.9 Å². The van der Waals surface area contributed by atoms with Crippen molar-refractivity contribution in [3.8, 4) is 5.75 Å². The second-order valence-corrected chi connectivity index (χ2v) is 5.24. The van der Waals surface area contributed by atoms with E-state index in [4.69, 9.17) is 4.74 Å². The lowest BCUT2D eigenvalue weighted by Crippen LogP contribution is -2.14. The Kier molecular flexibility index (Phi) is 5.50. The molecule has 0 bridgehead atoms. The molecule has 2 aromatic carbocycles. The number of hydrogen-bond acceptors (Lipinski definition) is 3. The first-order valence-corrected chi connectivity index (χ1v) is 7.49. The summed E-state index contributed by atoms with van der Waals surface area (Å²) >= 11 is 1.60. The van der Waals surface area contributed by atoms with Gasteiger partial charge in [0.15, 0.2) is 0 Å². The average molecular weight is 287 g/mol. The lowest BCUT2D eigenvalue weighted by molar-refractivity contribution is -0.113. The number of nitrogens with one attached hydrogen (secondary N) is 1. The molecule has 0 heterocycles. The smallest absolute Gasteiger partial charge is 0.234 e. The Morgan fingerprint density at radius 2 is 1.80 bits per heavy atom. The normalized spacial score (nSPS) is 10.1. The minimum absolute atomic E-state index is 0.0103. The molecule has 0 aliphatic heterocycles. The number of anilines is 1. The minimum Gasteiger partial charge on any atom is -0.497 e. The van der Waals surface area contributed by atoms with Crippen LogP contribution in [0.15, 0.2) is 54.6 Å². The Morgan fingerprint density at radius 3 is 2.45 bits per heavy atom. The van der Waals surface area contributed by atoms with Crippen LogP contribution in [0, 0.1) is 0 Å². The van der Waals surface area contributed by atoms with Crippen molar-refractivity contribution >= 4 is 23.4 Å². The van der Waals surface area contributed by atoms with Crippen molar-refractivity contribution in [3.63, 3.8) is 0 Å². The van der Waals surface area contributed by atoms with Crippen LogP contribution >= 0.6 is 11.8 Å². The first kappa shape index (κ1) is 14.5. The molecule has 0 atom stereocenters. The third-order valence-electron chi connectivity index (χ3n) is 2.72. The zero-order valence-corrected chi connectivity index (χ0v) is 12.2. The maximum atomic E-state index is 11.8. The summed E-state index contributed by atoms with van der Waals surface area (Å²) in [5.41, 5.74) is 2.02. The van der Waals surface area contributed by atoms with Crippen LogP contribution in [0.1, 0.15) is 5.56 Å². The van der Waals surface area contributed by atoms with Crippen molar-refractivity contribution in [1.29, 1.82) is 0 Å². The molecule has 4 heteroatoms. The van der Waals surface area contributed by atoms with Crippen LogP contribution in [-0.4, -0.2) is 18.8 Å².